The molecule has 3 nitrogen and oxygen atoms in total. The van der Waals surface area contributed by atoms with E-state index in [0.717, 1.165) is 28.0 Å². The van der Waals surface area contributed by atoms with Gasteiger partial charge >= 0.3 is 0 Å². The van der Waals surface area contributed by atoms with Gasteiger partial charge in [0.1, 0.15) is 0 Å². The number of nitrogens with zero attached hydrogens (tertiary/aromatic N) is 1. The standard InChI is InChI=1S/C19H21NO2S/c1-5-18-15(4)17-12-14(3)8-11-19(17)20(18)23(21,22)16-9-6-13(2)7-10-16/h6-12,18H,4-5H2,1-3H3. The largest absolute Gasteiger partial charge is 0.264 e. The van der Waals surface area contributed by atoms with Crippen molar-refractivity contribution in [3.63, 3.8) is 0 Å². The van der Waals surface area contributed by atoms with E-state index in [9.17, 15) is 8.42 Å². The average molecular weight is 327 g/mol. The van der Waals surface area contributed by atoms with Crippen molar-refractivity contribution in [3.05, 3.63) is 65.7 Å². The second kappa shape index (κ2) is 5.53. The van der Waals surface area contributed by atoms with E-state index in [4.69, 9.17) is 0 Å². The molecule has 23 heavy (non-hydrogen) atoms. The fraction of sp³-hybridized carbons (Fsp3) is 0.263. The highest BCUT2D eigenvalue weighted by Gasteiger charge is 2.39. The fourth-order valence-electron chi connectivity index (χ4n) is 3.12. The van der Waals surface area contributed by atoms with Crippen molar-refractivity contribution in [1.29, 1.82) is 0 Å². The summed E-state index contributed by atoms with van der Waals surface area (Å²) < 4.78 is 27.9. The summed E-state index contributed by atoms with van der Waals surface area (Å²) in [6.45, 7) is 10.1. The van der Waals surface area contributed by atoms with Gasteiger partial charge in [-0.25, -0.2) is 8.42 Å². The molecule has 1 atom stereocenters. The van der Waals surface area contributed by atoms with Gasteiger partial charge in [0, 0.05) is 5.56 Å². The van der Waals surface area contributed by atoms with Crippen molar-refractivity contribution in [2.75, 3.05) is 4.31 Å². The molecule has 0 fully saturated rings. The van der Waals surface area contributed by atoms with Crippen LogP contribution in [0.15, 0.2) is 53.9 Å². The molecule has 0 aromatic heterocycles. The van der Waals surface area contributed by atoms with Crippen molar-refractivity contribution in [2.24, 2.45) is 0 Å². The van der Waals surface area contributed by atoms with Crippen LogP contribution in [0.1, 0.15) is 30.0 Å². The van der Waals surface area contributed by atoms with Crippen LogP contribution < -0.4 is 4.31 Å². The summed E-state index contributed by atoms with van der Waals surface area (Å²) in [6, 6.07) is 12.6. The Bertz CT molecular complexity index is 867. The first-order valence-corrected chi connectivity index (χ1v) is 9.21. The minimum atomic E-state index is -3.60. The van der Waals surface area contributed by atoms with Crippen molar-refractivity contribution >= 4 is 21.3 Å². The molecule has 2 aromatic rings. The Hall–Kier alpha value is -2.07. The lowest BCUT2D eigenvalue weighted by Crippen LogP contribution is -2.36. The number of benzene rings is 2. The lowest BCUT2D eigenvalue weighted by atomic mass is 10.0. The molecule has 0 aliphatic carbocycles. The molecule has 1 aliphatic heterocycles. The smallest absolute Gasteiger partial charge is 0.258 e. The SMILES string of the molecule is C=C1c2cc(C)ccc2N(S(=O)(=O)c2ccc(C)cc2)C1CC. The van der Waals surface area contributed by atoms with Crippen LogP contribution in [-0.2, 0) is 10.0 Å². The van der Waals surface area contributed by atoms with Crippen LogP contribution in [0, 0.1) is 13.8 Å². The molecule has 0 radical (unpaired) electrons. The summed E-state index contributed by atoms with van der Waals surface area (Å²) in [6.07, 6.45) is 0.692. The normalized spacial score (nSPS) is 17.4. The van der Waals surface area contributed by atoms with Gasteiger partial charge in [-0.15, -0.1) is 0 Å². The summed E-state index contributed by atoms with van der Waals surface area (Å²) in [4.78, 5) is 0.322. The van der Waals surface area contributed by atoms with Crippen LogP contribution in [0.5, 0.6) is 0 Å². The van der Waals surface area contributed by atoms with Crippen molar-refractivity contribution in [2.45, 2.75) is 38.1 Å². The van der Waals surface area contributed by atoms with Gasteiger partial charge in [0.15, 0.2) is 0 Å². The molecule has 1 aliphatic rings. The quantitative estimate of drug-likeness (QED) is 0.842. The highest BCUT2D eigenvalue weighted by Crippen LogP contribution is 2.44. The van der Waals surface area contributed by atoms with Crippen LogP contribution in [0.4, 0.5) is 5.69 Å². The van der Waals surface area contributed by atoms with Crippen LogP contribution in [-0.4, -0.2) is 14.5 Å². The summed E-state index contributed by atoms with van der Waals surface area (Å²) in [7, 11) is -3.60. The van der Waals surface area contributed by atoms with Crippen molar-refractivity contribution in [1.82, 2.24) is 0 Å². The van der Waals surface area contributed by atoms with E-state index in [0.29, 0.717) is 11.3 Å². The Morgan fingerprint density at radius 2 is 1.65 bits per heavy atom. The Kier molecular flexibility index (Phi) is 3.80. The molecule has 0 saturated heterocycles. The van der Waals surface area contributed by atoms with Crippen molar-refractivity contribution in [3.8, 4) is 0 Å². The number of rotatable bonds is 3. The van der Waals surface area contributed by atoms with E-state index in [2.05, 4.69) is 6.58 Å². The maximum atomic E-state index is 13.2. The molecule has 3 rings (SSSR count). The van der Waals surface area contributed by atoms with Gasteiger partial charge in [-0.3, -0.25) is 4.31 Å². The Morgan fingerprint density at radius 3 is 2.26 bits per heavy atom. The van der Waals surface area contributed by atoms with Gasteiger partial charge in [0.05, 0.1) is 16.6 Å². The zero-order valence-electron chi connectivity index (χ0n) is 13.7. The molecule has 0 amide bonds. The highest BCUT2D eigenvalue weighted by atomic mass is 32.2. The third-order valence-electron chi connectivity index (χ3n) is 4.39. The second-order valence-electron chi connectivity index (χ2n) is 6.08. The van der Waals surface area contributed by atoms with Crippen LogP contribution >= 0.6 is 0 Å². The van der Waals surface area contributed by atoms with Crippen LogP contribution in [0.3, 0.4) is 0 Å². The van der Waals surface area contributed by atoms with Crippen LogP contribution in [0.2, 0.25) is 0 Å². The maximum absolute atomic E-state index is 13.2. The number of anilines is 1. The summed E-state index contributed by atoms with van der Waals surface area (Å²) in [5.74, 6) is 0. The van der Waals surface area contributed by atoms with Gasteiger partial charge in [-0.2, -0.15) is 0 Å². The van der Waals surface area contributed by atoms with Crippen molar-refractivity contribution < 1.29 is 8.42 Å². The molecular formula is C19H21NO2S. The third-order valence-corrected chi connectivity index (χ3v) is 6.22. The zero-order chi connectivity index (χ0) is 16.8. The molecule has 4 heteroatoms. The molecule has 2 aromatic carbocycles. The van der Waals surface area contributed by atoms with E-state index in [-0.39, 0.29) is 6.04 Å². The molecule has 1 heterocycles. The summed E-state index contributed by atoms with van der Waals surface area (Å²) in [5.41, 5.74) is 4.69. The zero-order valence-corrected chi connectivity index (χ0v) is 14.5. The topological polar surface area (TPSA) is 37.4 Å². The molecule has 120 valence electrons. The summed E-state index contributed by atoms with van der Waals surface area (Å²) in [5, 5.41) is 0. The first kappa shape index (κ1) is 15.8. The molecule has 0 saturated carbocycles. The number of fused-ring (bicyclic) bond motifs is 1. The van der Waals surface area contributed by atoms with Gasteiger partial charge < -0.3 is 0 Å². The molecule has 1 unspecified atom stereocenters. The fourth-order valence-corrected chi connectivity index (χ4v) is 4.86. The minimum Gasteiger partial charge on any atom is -0.258 e. The second-order valence-corrected chi connectivity index (χ2v) is 7.90. The van der Waals surface area contributed by atoms with Gasteiger partial charge in [0.2, 0.25) is 0 Å². The lowest BCUT2D eigenvalue weighted by molar-refractivity contribution is 0.586. The van der Waals surface area contributed by atoms with Gasteiger partial charge in [-0.1, -0.05) is 42.8 Å². The highest BCUT2D eigenvalue weighted by molar-refractivity contribution is 7.93. The number of hydrogen-bond donors (Lipinski definition) is 0. The number of aryl methyl sites for hydroxylation is 2. The van der Waals surface area contributed by atoms with E-state index >= 15 is 0 Å². The first-order chi connectivity index (χ1) is 10.9. The van der Waals surface area contributed by atoms with Crippen LogP contribution in [0.25, 0.3) is 5.57 Å². The molecule has 0 N–H and O–H groups in total. The lowest BCUT2D eigenvalue weighted by Gasteiger charge is -2.26. The third kappa shape index (κ3) is 2.47. The van der Waals surface area contributed by atoms with Gasteiger partial charge in [0.25, 0.3) is 10.0 Å². The average Bonchev–Trinajstić information content (AvgIpc) is 2.80. The predicted octanol–water partition coefficient (Wildman–Crippen LogP) is 4.30. The Balaban J connectivity index is 2.18. The molecule has 0 bridgehead atoms. The maximum Gasteiger partial charge on any atom is 0.264 e. The number of sulfonamides is 1. The minimum absolute atomic E-state index is 0.224. The predicted molar refractivity (Wildman–Crippen MR) is 95.1 cm³/mol. The monoisotopic (exact) mass is 327 g/mol. The summed E-state index contributed by atoms with van der Waals surface area (Å²) >= 11 is 0. The van der Waals surface area contributed by atoms with E-state index < -0.39 is 10.0 Å². The first-order valence-electron chi connectivity index (χ1n) is 7.77. The van der Waals surface area contributed by atoms with E-state index in [1.807, 2.05) is 51.1 Å². The van der Waals surface area contributed by atoms with E-state index in [1.54, 1.807) is 12.1 Å². The van der Waals surface area contributed by atoms with E-state index in [1.165, 1.54) is 4.31 Å². The molecular weight excluding hydrogens is 306 g/mol. The van der Waals surface area contributed by atoms with Gasteiger partial charge in [-0.05, 0) is 50.1 Å². The Morgan fingerprint density at radius 1 is 1.04 bits per heavy atom. The Labute approximate surface area is 138 Å². The number of hydrogen-bond acceptors (Lipinski definition) is 2. The molecule has 0 spiro atoms.